The third kappa shape index (κ3) is 5.45. The molecule has 0 unspecified atom stereocenters. The number of thioether (sulfide) groups is 1. The van der Waals surface area contributed by atoms with E-state index in [2.05, 4.69) is 32.9 Å². The smallest absolute Gasteiger partial charge is 0.264 e. The summed E-state index contributed by atoms with van der Waals surface area (Å²) >= 11 is 3.50. The van der Waals surface area contributed by atoms with Gasteiger partial charge in [-0.15, -0.1) is 0 Å². The predicted octanol–water partition coefficient (Wildman–Crippen LogP) is 4.99. The molecule has 1 aliphatic heterocycles. The van der Waals surface area contributed by atoms with E-state index in [9.17, 15) is 4.79 Å². The van der Waals surface area contributed by atoms with Gasteiger partial charge in [0.15, 0.2) is 16.7 Å². The maximum atomic E-state index is 12.4. The van der Waals surface area contributed by atoms with Gasteiger partial charge in [-0.3, -0.25) is 4.79 Å². The van der Waals surface area contributed by atoms with Gasteiger partial charge in [0.2, 0.25) is 0 Å². The van der Waals surface area contributed by atoms with E-state index in [4.69, 9.17) is 14.2 Å². The maximum absolute atomic E-state index is 12.4. The first kappa shape index (κ1) is 21.5. The lowest BCUT2D eigenvalue weighted by atomic mass is 10.2. The van der Waals surface area contributed by atoms with E-state index in [1.165, 1.54) is 11.8 Å². The largest absolute Gasteiger partial charge is 0.494 e. The highest BCUT2D eigenvalue weighted by atomic mass is 127. The zero-order chi connectivity index (χ0) is 20.8. The summed E-state index contributed by atoms with van der Waals surface area (Å²) in [5, 5.41) is 3.34. The molecule has 0 aliphatic carbocycles. The number of amides is 1. The molecule has 152 valence electrons. The number of aliphatic imine (C=N–C) groups is 1. The van der Waals surface area contributed by atoms with E-state index in [-0.39, 0.29) is 5.91 Å². The summed E-state index contributed by atoms with van der Waals surface area (Å²) in [6.07, 6.45) is 1.82. The molecule has 1 heterocycles. The number of rotatable bonds is 7. The van der Waals surface area contributed by atoms with Crippen LogP contribution in [0.5, 0.6) is 17.2 Å². The quantitative estimate of drug-likeness (QED) is 0.409. The minimum atomic E-state index is -0.178. The lowest BCUT2D eigenvalue weighted by Crippen LogP contribution is -2.19. The van der Waals surface area contributed by atoms with Gasteiger partial charge in [-0.05, 0) is 96.2 Å². The number of carbonyl (C=O) groups is 1. The van der Waals surface area contributed by atoms with Crippen molar-refractivity contribution in [3.8, 4) is 17.2 Å². The molecular formula is C21H21IN2O4S. The molecule has 0 radical (unpaired) electrons. The summed E-state index contributed by atoms with van der Waals surface area (Å²) in [7, 11) is 1.60. The molecule has 8 heteroatoms. The van der Waals surface area contributed by atoms with E-state index < -0.39 is 0 Å². The van der Waals surface area contributed by atoms with Gasteiger partial charge in [-0.25, -0.2) is 4.99 Å². The average Bonchev–Trinajstić information content (AvgIpc) is 3.04. The Morgan fingerprint density at radius 1 is 1.14 bits per heavy atom. The van der Waals surface area contributed by atoms with Crippen molar-refractivity contribution in [2.24, 2.45) is 4.99 Å². The lowest BCUT2D eigenvalue weighted by molar-refractivity contribution is -0.115. The van der Waals surface area contributed by atoms with Crippen LogP contribution < -0.4 is 19.5 Å². The van der Waals surface area contributed by atoms with E-state index in [0.29, 0.717) is 34.8 Å². The molecule has 0 aromatic heterocycles. The van der Waals surface area contributed by atoms with Crippen molar-refractivity contribution in [1.82, 2.24) is 5.32 Å². The Labute approximate surface area is 187 Å². The second-order valence-electron chi connectivity index (χ2n) is 5.88. The van der Waals surface area contributed by atoms with Gasteiger partial charge in [0.1, 0.15) is 5.75 Å². The molecule has 2 aromatic carbocycles. The Bertz CT molecular complexity index is 958. The summed E-state index contributed by atoms with van der Waals surface area (Å²) in [5.74, 6) is 1.96. The van der Waals surface area contributed by atoms with Crippen molar-refractivity contribution in [3.63, 3.8) is 0 Å². The van der Waals surface area contributed by atoms with Crippen molar-refractivity contribution >= 4 is 57.2 Å². The molecule has 2 aromatic rings. The molecule has 1 fully saturated rings. The standard InChI is InChI=1S/C21H21IN2O4S/c1-4-27-15-8-6-14(7-9-15)23-21-24-20(25)18(29-21)12-13-10-16(22)19(28-5-2)17(11-13)26-3/h6-12H,4-5H2,1-3H3,(H,23,24,25). The zero-order valence-corrected chi connectivity index (χ0v) is 19.3. The van der Waals surface area contributed by atoms with Gasteiger partial charge in [0.05, 0.1) is 34.5 Å². The van der Waals surface area contributed by atoms with Crippen molar-refractivity contribution in [2.45, 2.75) is 13.8 Å². The monoisotopic (exact) mass is 524 g/mol. The summed E-state index contributed by atoms with van der Waals surface area (Å²) in [6.45, 7) is 5.03. The van der Waals surface area contributed by atoms with Crippen LogP contribution in [0.2, 0.25) is 0 Å². The second kappa shape index (κ2) is 10.0. The molecule has 1 N–H and O–H groups in total. The fourth-order valence-electron chi connectivity index (χ4n) is 2.64. The van der Waals surface area contributed by atoms with Gasteiger partial charge in [0.25, 0.3) is 5.91 Å². The molecule has 6 nitrogen and oxygen atoms in total. The van der Waals surface area contributed by atoms with Crippen LogP contribution in [0.4, 0.5) is 5.69 Å². The summed E-state index contributed by atoms with van der Waals surface area (Å²) < 4.78 is 17.4. The molecular weight excluding hydrogens is 503 g/mol. The number of nitrogens with one attached hydrogen (secondary N) is 1. The lowest BCUT2D eigenvalue weighted by Gasteiger charge is -2.12. The Hall–Kier alpha value is -2.20. The van der Waals surface area contributed by atoms with Gasteiger partial charge >= 0.3 is 0 Å². The summed E-state index contributed by atoms with van der Waals surface area (Å²) in [5.41, 5.74) is 1.60. The van der Waals surface area contributed by atoms with Crippen molar-refractivity contribution in [3.05, 3.63) is 50.4 Å². The first-order valence-electron chi connectivity index (χ1n) is 9.06. The fourth-order valence-corrected chi connectivity index (χ4v) is 4.26. The summed E-state index contributed by atoms with van der Waals surface area (Å²) in [6, 6.07) is 11.2. The SMILES string of the molecule is CCOc1ccc(N=C2NC(=O)C(=Cc3cc(I)c(OCC)c(OC)c3)S2)cc1. The number of hydrogen-bond acceptors (Lipinski definition) is 6. The van der Waals surface area contributed by atoms with Crippen LogP contribution in [0, 0.1) is 3.57 Å². The van der Waals surface area contributed by atoms with Crippen LogP contribution in [-0.2, 0) is 4.79 Å². The Morgan fingerprint density at radius 3 is 2.52 bits per heavy atom. The fraction of sp³-hybridized carbons (Fsp3) is 0.238. The van der Waals surface area contributed by atoms with Gasteiger partial charge in [-0.2, -0.15) is 0 Å². The third-order valence-corrected chi connectivity index (χ3v) is 5.58. The molecule has 0 saturated carbocycles. The molecule has 1 amide bonds. The normalized spacial score (nSPS) is 16.2. The number of hydrogen-bond donors (Lipinski definition) is 1. The topological polar surface area (TPSA) is 69.2 Å². The van der Waals surface area contributed by atoms with Crippen LogP contribution in [0.15, 0.2) is 46.3 Å². The second-order valence-corrected chi connectivity index (χ2v) is 8.07. The molecule has 3 rings (SSSR count). The number of halogens is 1. The first-order valence-corrected chi connectivity index (χ1v) is 11.0. The molecule has 1 aliphatic rings. The highest BCUT2D eigenvalue weighted by Crippen LogP contribution is 2.36. The first-order chi connectivity index (χ1) is 14.0. The van der Waals surface area contributed by atoms with Crippen LogP contribution >= 0.6 is 34.4 Å². The van der Waals surface area contributed by atoms with Crippen LogP contribution in [0.1, 0.15) is 19.4 Å². The average molecular weight is 524 g/mol. The zero-order valence-electron chi connectivity index (χ0n) is 16.3. The Balaban J connectivity index is 1.81. The van der Waals surface area contributed by atoms with Gasteiger partial charge < -0.3 is 19.5 Å². The van der Waals surface area contributed by atoms with Gasteiger partial charge in [-0.1, -0.05) is 0 Å². The Morgan fingerprint density at radius 2 is 1.86 bits per heavy atom. The number of benzene rings is 2. The number of amidine groups is 1. The van der Waals surface area contributed by atoms with Crippen LogP contribution in [0.25, 0.3) is 6.08 Å². The molecule has 0 atom stereocenters. The number of methoxy groups -OCH3 is 1. The number of nitrogens with zero attached hydrogens (tertiary/aromatic N) is 1. The molecule has 29 heavy (non-hydrogen) atoms. The van der Waals surface area contributed by atoms with Crippen LogP contribution in [-0.4, -0.2) is 31.4 Å². The van der Waals surface area contributed by atoms with Crippen molar-refractivity contribution < 1.29 is 19.0 Å². The Kier molecular flexibility index (Phi) is 7.43. The van der Waals surface area contributed by atoms with Crippen molar-refractivity contribution in [2.75, 3.05) is 20.3 Å². The van der Waals surface area contributed by atoms with E-state index in [0.717, 1.165) is 20.6 Å². The molecule has 1 saturated heterocycles. The van der Waals surface area contributed by atoms with Gasteiger partial charge in [0, 0.05) is 0 Å². The van der Waals surface area contributed by atoms with E-state index in [1.54, 1.807) is 7.11 Å². The van der Waals surface area contributed by atoms with Crippen LogP contribution in [0.3, 0.4) is 0 Å². The highest BCUT2D eigenvalue weighted by molar-refractivity contribution is 14.1. The predicted molar refractivity (Wildman–Crippen MR) is 125 cm³/mol. The minimum absolute atomic E-state index is 0.178. The van der Waals surface area contributed by atoms with E-state index in [1.807, 2.05) is 56.3 Å². The summed E-state index contributed by atoms with van der Waals surface area (Å²) in [4.78, 5) is 17.4. The number of carbonyl (C=O) groups excluding carboxylic acids is 1. The maximum Gasteiger partial charge on any atom is 0.264 e. The molecule has 0 bridgehead atoms. The number of ether oxygens (including phenoxy) is 3. The van der Waals surface area contributed by atoms with Crippen molar-refractivity contribution in [1.29, 1.82) is 0 Å². The third-order valence-electron chi connectivity index (χ3n) is 3.87. The highest BCUT2D eigenvalue weighted by Gasteiger charge is 2.24. The minimum Gasteiger partial charge on any atom is -0.494 e. The molecule has 0 spiro atoms. The van der Waals surface area contributed by atoms with E-state index >= 15 is 0 Å².